The van der Waals surface area contributed by atoms with Crippen LogP contribution < -0.4 is 0 Å². The first-order valence-corrected chi connectivity index (χ1v) is 13.4. The van der Waals surface area contributed by atoms with Gasteiger partial charge in [0.05, 0.1) is 0 Å². The van der Waals surface area contributed by atoms with Crippen molar-refractivity contribution in [1.82, 2.24) is 13.7 Å². The third kappa shape index (κ3) is 9.14. The van der Waals surface area contributed by atoms with Crippen molar-refractivity contribution in [3.8, 4) is 0 Å². The van der Waals surface area contributed by atoms with Crippen molar-refractivity contribution < 1.29 is 53.9 Å². The van der Waals surface area contributed by atoms with Gasteiger partial charge in [-0.25, -0.2) is 0 Å². The van der Waals surface area contributed by atoms with E-state index in [1.165, 1.54) is 0 Å². The van der Waals surface area contributed by atoms with Crippen LogP contribution >= 0.6 is 0 Å². The fourth-order valence-electron chi connectivity index (χ4n) is 3.91. The molecule has 6 nitrogen and oxygen atoms in total. The molecule has 0 rings (SSSR count). The molecule has 0 atom stereocenters. The van der Waals surface area contributed by atoms with Gasteiger partial charge >= 0.3 is 44.8 Å². The molecular weight excluding hydrogens is 529 g/mol. The van der Waals surface area contributed by atoms with Crippen molar-refractivity contribution in [2.75, 3.05) is 21.1 Å². The Morgan fingerprint density at radius 1 is 0.528 bits per heavy atom. The lowest BCUT2D eigenvalue weighted by Gasteiger charge is -2.49. The molecule has 0 radical (unpaired) electrons. The van der Waals surface area contributed by atoms with Crippen LogP contribution in [0.1, 0.15) is 64.7 Å². The zero-order chi connectivity index (χ0) is 28.5. The molecule has 0 fully saturated rings. The summed E-state index contributed by atoms with van der Waals surface area (Å²) in [6.07, 6.45) is -11.2. The lowest BCUT2D eigenvalue weighted by molar-refractivity contribution is -0.187. The van der Waals surface area contributed by atoms with E-state index in [0.29, 0.717) is 34.0 Å². The van der Waals surface area contributed by atoms with Gasteiger partial charge in [0.1, 0.15) is 0 Å². The maximum Gasteiger partial charge on any atom is 0.470 e. The first-order valence-electron chi connectivity index (χ1n) is 11.3. The number of rotatable bonds is 13. The van der Waals surface area contributed by atoms with Crippen molar-refractivity contribution in [3.63, 3.8) is 0 Å². The molecule has 0 saturated carbocycles. The molecule has 0 unspecified atom stereocenters. The van der Waals surface area contributed by atoms with Gasteiger partial charge in [-0.15, -0.1) is 0 Å². The predicted molar refractivity (Wildman–Crippen MR) is 114 cm³/mol. The predicted octanol–water partition coefficient (Wildman–Crippen LogP) is 5.52. The van der Waals surface area contributed by atoms with Crippen LogP contribution in [0.15, 0.2) is 0 Å². The van der Waals surface area contributed by atoms with Crippen LogP contribution in [0.4, 0.5) is 39.5 Å². The number of hydrogen-bond acceptors (Lipinski definition) is 3. The van der Waals surface area contributed by atoms with Crippen LogP contribution in [0, 0.1) is 0 Å². The molecule has 16 heteroatoms. The summed E-state index contributed by atoms with van der Waals surface area (Å²) >= 11 is 0. The van der Waals surface area contributed by atoms with E-state index >= 15 is 0 Å². The van der Waals surface area contributed by atoms with E-state index in [4.69, 9.17) is 0 Å². The molecule has 212 valence electrons. The third-order valence-corrected chi connectivity index (χ3v) is 10.7. The first kappa shape index (κ1) is 34.0. The zero-order valence-electron chi connectivity index (χ0n) is 20.5. The Bertz CT molecular complexity index is 664. The van der Waals surface area contributed by atoms with Gasteiger partial charge in [0.25, 0.3) is 0 Å². The number of unbranched alkanes of at least 4 members (excludes halogenated alkanes) is 8. The maximum atomic E-state index is 13.2. The van der Waals surface area contributed by atoms with Crippen LogP contribution in [0.25, 0.3) is 0 Å². The Morgan fingerprint density at radius 3 is 1.03 bits per heavy atom. The van der Waals surface area contributed by atoms with E-state index in [0.717, 1.165) is 32.1 Å². The lowest BCUT2D eigenvalue weighted by atomic mass is 10.1. The van der Waals surface area contributed by atoms with Gasteiger partial charge in [-0.3, -0.25) is 14.4 Å². The minimum Gasteiger partial charge on any atom is -0.330 e. The van der Waals surface area contributed by atoms with Crippen molar-refractivity contribution >= 4 is 26.3 Å². The summed E-state index contributed by atoms with van der Waals surface area (Å²) in [6, 6.07) is -0.849. The Morgan fingerprint density at radius 2 is 0.778 bits per heavy atom. The van der Waals surface area contributed by atoms with E-state index in [1.807, 2.05) is 6.92 Å². The molecule has 0 aliphatic carbocycles. The van der Waals surface area contributed by atoms with E-state index in [-0.39, 0.29) is 26.5 Å². The summed E-state index contributed by atoms with van der Waals surface area (Å²) in [5, 5.41) is 0. The standard InChI is InChI=1S/C20H32F9N3O3Si/c1-5-6-7-8-9-10-11-12-13-14-36(30(2)15(33)18(21,22)23,31(3)16(34)19(24,25)26)32(4)17(35)20(27,28)29/h5-14H2,1-4H3. The SMILES string of the molecule is CCCCCCCCCCC[Si](N(C)C(=O)C(F)(F)F)(N(C)C(=O)C(F)(F)F)N(C)C(=O)C(F)(F)F. The van der Waals surface area contributed by atoms with Gasteiger partial charge in [0.15, 0.2) is 0 Å². The van der Waals surface area contributed by atoms with Gasteiger partial charge < -0.3 is 13.7 Å². The topological polar surface area (TPSA) is 60.9 Å². The minimum atomic E-state index is -5.68. The molecule has 0 aliphatic heterocycles. The molecule has 0 bridgehead atoms. The fourth-order valence-corrected chi connectivity index (χ4v) is 8.35. The van der Waals surface area contributed by atoms with Crippen LogP contribution in [0.2, 0.25) is 6.04 Å². The Kier molecular flexibility index (Phi) is 12.8. The molecular formula is C20H32F9N3O3Si. The van der Waals surface area contributed by atoms with Gasteiger partial charge in [0.2, 0.25) is 0 Å². The number of hydrogen-bond donors (Lipinski definition) is 0. The second-order valence-corrected chi connectivity index (χ2v) is 12.5. The summed E-state index contributed by atoms with van der Waals surface area (Å²) in [5.41, 5.74) is 0. The summed E-state index contributed by atoms with van der Waals surface area (Å²) < 4.78 is 118. The molecule has 0 aromatic heterocycles. The zero-order valence-corrected chi connectivity index (χ0v) is 21.5. The van der Waals surface area contributed by atoms with Gasteiger partial charge in [0, 0.05) is 21.1 Å². The average molecular weight is 562 g/mol. The van der Waals surface area contributed by atoms with Crippen molar-refractivity contribution in [1.29, 1.82) is 0 Å². The molecule has 0 saturated heterocycles. The number of carbonyl (C=O) groups is 3. The Balaban J connectivity index is 6.26. The smallest absolute Gasteiger partial charge is 0.330 e. The lowest BCUT2D eigenvalue weighted by Crippen LogP contribution is -2.78. The summed E-state index contributed by atoms with van der Waals surface area (Å²) in [6.45, 7) is 2.03. The second-order valence-electron chi connectivity index (χ2n) is 8.44. The Labute approximate surface area is 205 Å². The molecule has 0 spiro atoms. The van der Waals surface area contributed by atoms with Crippen molar-refractivity contribution in [3.05, 3.63) is 0 Å². The average Bonchev–Trinajstić information content (AvgIpc) is 2.75. The minimum absolute atomic E-state index is 0.193. The summed E-state index contributed by atoms with van der Waals surface area (Å²) in [7, 11) is -4.35. The van der Waals surface area contributed by atoms with Crippen LogP contribution in [-0.4, -0.2) is 79.6 Å². The van der Waals surface area contributed by atoms with Gasteiger partial charge in [-0.1, -0.05) is 64.7 Å². The van der Waals surface area contributed by atoms with Crippen LogP contribution in [0.5, 0.6) is 0 Å². The first-order chi connectivity index (χ1) is 16.3. The van der Waals surface area contributed by atoms with Gasteiger partial charge in [-0.2, -0.15) is 39.5 Å². The fraction of sp³-hybridized carbons (Fsp3) is 0.850. The number of alkyl halides is 9. The molecule has 3 amide bonds. The monoisotopic (exact) mass is 561 g/mol. The molecule has 0 N–H and O–H groups in total. The summed E-state index contributed by atoms with van der Waals surface area (Å²) in [5.74, 6) is -8.31. The highest BCUT2D eigenvalue weighted by atomic mass is 28.4. The van der Waals surface area contributed by atoms with Crippen LogP contribution in [0.3, 0.4) is 0 Å². The van der Waals surface area contributed by atoms with E-state index in [9.17, 15) is 53.9 Å². The van der Waals surface area contributed by atoms with Crippen molar-refractivity contribution in [2.45, 2.75) is 89.3 Å². The Hall–Kier alpha value is -2.00. The number of halogens is 9. The largest absolute Gasteiger partial charge is 0.470 e. The van der Waals surface area contributed by atoms with Crippen molar-refractivity contribution in [2.24, 2.45) is 0 Å². The molecule has 0 heterocycles. The number of amides is 3. The molecule has 0 aliphatic rings. The highest BCUT2D eigenvalue weighted by Gasteiger charge is 2.63. The molecule has 0 aromatic rings. The number of carbonyl (C=O) groups excluding carboxylic acids is 3. The summed E-state index contributed by atoms with van der Waals surface area (Å²) in [4.78, 5) is 36.1. The maximum absolute atomic E-state index is 13.2. The van der Waals surface area contributed by atoms with E-state index < -0.39 is 50.9 Å². The normalized spacial score (nSPS) is 12.9. The third-order valence-electron chi connectivity index (χ3n) is 5.87. The number of nitrogens with zero attached hydrogens (tertiary/aromatic N) is 3. The van der Waals surface area contributed by atoms with Gasteiger partial charge in [-0.05, 0) is 6.04 Å². The van der Waals surface area contributed by atoms with E-state index in [1.54, 1.807) is 0 Å². The van der Waals surface area contributed by atoms with Crippen LogP contribution in [-0.2, 0) is 14.4 Å². The quantitative estimate of drug-likeness (QED) is 0.169. The highest BCUT2D eigenvalue weighted by Crippen LogP contribution is 2.34. The van der Waals surface area contributed by atoms with E-state index in [2.05, 4.69) is 0 Å². The second kappa shape index (κ2) is 13.5. The molecule has 0 aromatic carbocycles. The highest BCUT2D eigenvalue weighted by molar-refractivity contribution is 6.77. The molecule has 36 heavy (non-hydrogen) atoms.